The Bertz CT molecular complexity index is 1400. The van der Waals surface area contributed by atoms with Crippen molar-refractivity contribution in [3.05, 3.63) is 51.7 Å². The lowest BCUT2D eigenvalue weighted by atomic mass is 9.91. The topological polar surface area (TPSA) is 93.2 Å². The molecule has 3 heterocycles. The van der Waals surface area contributed by atoms with Gasteiger partial charge in [0.25, 0.3) is 0 Å². The number of likely N-dealkylation sites (tertiary alicyclic amines) is 1. The van der Waals surface area contributed by atoms with Crippen LogP contribution in [-0.2, 0) is 24.1 Å². The molecule has 0 spiro atoms. The van der Waals surface area contributed by atoms with E-state index in [0.717, 1.165) is 28.3 Å². The molecule has 8 nitrogen and oxygen atoms in total. The van der Waals surface area contributed by atoms with Crippen LogP contribution in [0.5, 0.6) is 0 Å². The van der Waals surface area contributed by atoms with Crippen LogP contribution >= 0.6 is 11.3 Å². The van der Waals surface area contributed by atoms with Gasteiger partial charge in [-0.3, -0.25) is 9.59 Å². The highest BCUT2D eigenvalue weighted by Crippen LogP contribution is 2.39. The Balaban J connectivity index is 1.46. The van der Waals surface area contributed by atoms with Gasteiger partial charge in [-0.2, -0.15) is 0 Å². The molecule has 2 aliphatic rings. The van der Waals surface area contributed by atoms with Gasteiger partial charge in [0.15, 0.2) is 20.4 Å². The number of thiophene rings is 1. The fourth-order valence-electron chi connectivity index (χ4n) is 5.82. The first kappa shape index (κ1) is 33.4. The molecule has 0 amide bonds. The third kappa shape index (κ3) is 7.77. The number of sulfone groups is 1. The molecule has 2 fully saturated rings. The summed E-state index contributed by atoms with van der Waals surface area (Å²) in [4.78, 5) is 33.0. The van der Waals surface area contributed by atoms with Gasteiger partial charge in [-0.25, -0.2) is 8.42 Å². The van der Waals surface area contributed by atoms with Crippen molar-refractivity contribution in [3.63, 3.8) is 0 Å². The zero-order valence-corrected chi connectivity index (χ0v) is 28.0. The Morgan fingerprint density at radius 2 is 1.63 bits per heavy atom. The highest BCUT2D eigenvalue weighted by molar-refractivity contribution is 7.93. The summed E-state index contributed by atoms with van der Waals surface area (Å²) in [5.41, 5.74) is 1.31. The number of allylic oxidation sites excluding steroid dienone is 1. The van der Waals surface area contributed by atoms with E-state index >= 15 is 0 Å². The van der Waals surface area contributed by atoms with Crippen LogP contribution in [0.1, 0.15) is 74.9 Å². The highest BCUT2D eigenvalue weighted by Gasteiger charge is 2.55. The molecule has 1 aromatic heterocycles. The van der Waals surface area contributed by atoms with Gasteiger partial charge in [-0.15, -0.1) is 11.3 Å². The maximum Gasteiger partial charge on any atom is 0.328 e. The number of anilines is 1. The number of piperidine rings is 2. The van der Waals surface area contributed by atoms with E-state index in [1.165, 1.54) is 5.57 Å². The molecule has 0 N–H and O–H groups in total. The van der Waals surface area contributed by atoms with Crippen molar-refractivity contribution < 1.29 is 27.5 Å². The maximum absolute atomic E-state index is 14.2. The Labute approximate surface area is 261 Å². The molecule has 0 radical (unpaired) electrons. The zero-order valence-electron chi connectivity index (χ0n) is 26.4. The van der Waals surface area contributed by atoms with Gasteiger partial charge in [0.1, 0.15) is 5.60 Å². The third-order valence-corrected chi connectivity index (χ3v) is 11.8. The molecule has 2 saturated heterocycles. The van der Waals surface area contributed by atoms with Gasteiger partial charge in [-0.05, 0) is 103 Å². The quantitative estimate of drug-likeness (QED) is 0.238. The van der Waals surface area contributed by atoms with E-state index in [9.17, 15) is 18.0 Å². The predicted molar refractivity (Wildman–Crippen MR) is 173 cm³/mol. The fraction of sp³-hybridized carbons (Fsp3) is 0.576. The number of hydrogen-bond donors (Lipinski definition) is 0. The second kappa shape index (κ2) is 13.6. The van der Waals surface area contributed by atoms with E-state index in [1.54, 1.807) is 51.4 Å². The van der Waals surface area contributed by atoms with E-state index < -0.39 is 26.2 Å². The molecule has 1 aromatic carbocycles. The highest BCUT2D eigenvalue weighted by atomic mass is 32.2. The van der Waals surface area contributed by atoms with Crippen molar-refractivity contribution >= 4 is 44.7 Å². The first-order valence-electron chi connectivity index (χ1n) is 15.1. The second-order valence-electron chi connectivity index (χ2n) is 12.9. The summed E-state index contributed by atoms with van der Waals surface area (Å²) < 4.78 is 37.6. The van der Waals surface area contributed by atoms with E-state index in [1.807, 2.05) is 38.1 Å². The molecule has 43 heavy (non-hydrogen) atoms. The Morgan fingerprint density at radius 1 is 1.00 bits per heavy atom. The molecular weight excluding hydrogens is 585 g/mol. The summed E-state index contributed by atoms with van der Waals surface area (Å²) in [6, 6.07) is 10.8. The van der Waals surface area contributed by atoms with Crippen molar-refractivity contribution in [2.75, 3.05) is 51.3 Å². The monoisotopic (exact) mass is 630 g/mol. The van der Waals surface area contributed by atoms with E-state index in [4.69, 9.17) is 9.47 Å². The van der Waals surface area contributed by atoms with Crippen molar-refractivity contribution in [1.82, 2.24) is 4.90 Å². The van der Waals surface area contributed by atoms with Crippen LogP contribution in [0.3, 0.4) is 0 Å². The summed E-state index contributed by atoms with van der Waals surface area (Å²) in [5.74, 6) is -0.487. The minimum atomic E-state index is -4.04. The number of methoxy groups -OCH3 is 1. The van der Waals surface area contributed by atoms with Gasteiger partial charge in [0.2, 0.25) is 0 Å². The first-order valence-corrected chi connectivity index (χ1v) is 17.4. The molecule has 0 aliphatic carbocycles. The lowest BCUT2D eigenvalue weighted by Gasteiger charge is -2.40. The fourth-order valence-corrected chi connectivity index (χ4v) is 8.84. The molecule has 4 rings (SSSR count). The smallest absolute Gasteiger partial charge is 0.328 e. The summed E-state index contributed by atoms with van der Waals surface area (Å²) in [5, 5.41) is 0. The molecule has 0 saturated carbocycles. The average molecular weight is 631 g/mol. The van der Waals surface area contributed by atoms with Crippen molar-refractivity contribution in [2.24, 2.45) is 5.92 Å². The van der Waals surface area contributed by atoms with Crippen molar-refractivity contribution in [3.8, 4) is 0 Å². The summed E-state index contributed by atoms with van der Waals surface area (Å²) >= 11 is 1.55. The van der Waals surface area contributed by atoms with Crippen LogP contribution in [0.15, 0.2) is 46.9 Å². The molecule has 2 aromatic rings. The molecule has 236 valence electrons. The maximum atomic E-state index is 14.2. The number of nitrogens with zero attached hydrogens (tertiary/aromatic N) is 2. The normalized spacial score (nSPS) is 18.3. The van der Waals surface area contributed by atoms with E-state index in [2.05, 4.69) is 15.9 Å². The molecule has 2 aliphatic heterocycles. The first-order chi connectivity index (χ1) is 20.3. The Morgan fingerprint density at radius 3 is 2.19 bits per heavy atom. The lowest BCUT2D eigenvalue weighted by molar-refractivity contribution is -0.159. The number of carbonyl (C=O) groups excluding carboxylic acids is 2. The molecule has 10 heteroatoms. The minimum Gasteiger partial charge on any atom is -0.459 e. The lowest BCUT2D eigenvalue weighted by Crippen LogP contribution is -2.56. The van der Waals surface area contributed by atoms with Crippen LogP contribution in [0, 0.1) is 5.92 Å². The molecule has 0 atom stereocenters. The zero-order chi connectivity index (χ0) is 31.4. The van der Waals surface area contributed by atoms with Crippen LogP contribution in [0.2, 0.25) is 0 Å². The second-order valence-corrected chi connectivity index (χ2v) is 16.3. The molecular formula is C33H46N2O6S2. The summed E-state index contributed by atoms with van der Waals surface area (Å²) in [7, 11) is -2.41. The van der Waals surface area contributed by atoms with E-state index in [0.29, 0.717) is 39.3 Å². The number of ether oxygens (including phenoxy) is 2. The minimum absolute atomic E-state index is 0.0162. The number of ketones is 1. The number of benzene rings is 1. The Hall–Kier alpha value is -2.53. The Kier molecular flexibility index (Phi) is 10.6. The number of esters is 1. The van der Waals surface area contributed by atoms with E-state index in [-0.39, 0.29) is 29.4 Å². The van der Waals surface area contributed by atoms with Crippen LogP contribution in [-0.4, -0.2) is 81.9 Å². The SMILES string of the molecule is COCCN1CCC(C(=O)OC(C)(C)C)(S(=O)(=O)c2ccc(N3CCC(C(=O)c4ccc(C=C(C)C)s4)CC3)cc2)CC1. The van der Waals surface area contributed by atoms with Gasteiger partial charge >= 0.3 is 5.97 Å². The number of Topliss-reactive ketones (excluding diaryl/α,β-unsaturated/α-hetero) is 1. The number of hydrogen-bond acceptors (Lipinski definition) is 9. The molecule has 0 unspecified atom stereocenters. The van der Waals surface area contributed by atoms with Crippen LogP contribution in [0.4, 0.5) is 5.69 Å². The van der Waals surface area contributed by atoms with Crippen LogP contribution in [0.25, 0.3) is 6.08 Å². The van der Waals surface area contributed by atoms with Gasteiger partial charge in [0, 0.05) is 56.3 Å². The van der Waals surface area contributed by atoms with Crippen molar-refractivity contribution in [2.45, 2.75) is 75.5 Å². The van der Waals surface area contributed by atoms with Gasteiger partial charge in [-0.1, -0.05) is 5.57 Å². The predicted octanol–water partition coefficient (Wildman–Crippen LogP) is 5.87. The van der Waals surface area contributed by atoms with Crippen LogP contribution < -0.4 is 4.90 Å². The van der Waals surface area contributed by atoms with Gasteiger partial charge in [0.05, 0.1) is 16.4 Å². The molecule has 0 bridgehead atoms. The largest absolute Gasteiger partial charge is 0.459 e. The number of rotatable bonds is 10. The third-order valence-electron chi connectivity index (χ3n) is 8.24. The summed E-state index contributed by atoms with van der Waals surface area (Å²) in [6.45, 7) is 13.0. The van der Waals surface area contributed by atoms with Gasteiger partial charge < -0.3 is 19.3 Å². The van der Waals surface area contributed by atoms with Crippen molar-refractivity contribution in [1.29, 1.82) is 0 Å². The number of carbonyl (C=O) groups is 2. The standard InChI is InChI=1S/C33H46N2O6S2/c1-24(2)23-27-9-12-29(42-27)30(36)25-13-17-35(18-14-25)26-7-10-28(11-8-26)43(38,39)33(31(37)41-32(3,4)5)15-19-34(20-16-33)21-22-40-6/h7-12,23,25H,13-22H2,1-6H3. The summed E-state index contributed by atoms with van der Waals surface area (Å²) in [6.07, 6.45) is 3.91. The average Bonchev–Trinajstić information content (AvgIpc) is 3.43.